The summed E-state index contributed by atoms with van der Waals surface area (Å²) >= 11 is 0. The molecule has 0 aliphatic carbocycles. The molecule has 6 heteroatoms. The van der Waals surface area contributed by atoms with Gasteiger partial charge in [-0.2, -0.15) is 0 Å². The number of carbonyl (C=O) groups is 1. The zero-order chi connectivity index (χ0) is 19.4. The standard InChI is InChI=1S/C21H19N3O3/c1-13(21-17-6-4-5-7-18(17)22-14(2)23-21)15-8-10-19(27-3)16(12-15)9-11-20(25)24-26/h4-12,26H,1H2,2-3H3,(H,24,25)/b11-9+. The van der Waals surface area contributed by atoms with E-state index in [1.54, 1.807) is 24.7 Å². The highest BCUT2D eigenvalue weighted by Gasteiger charge is 2.12. The number of hydrogen-bond donors (Lipinski definition) is 2. The fourth-order valence-corrected chi connectivity index (χ4v) is 2.81. The Kier molecular flexibility index (Phi) is 5.28. The van der Waals surface area contributed by atoms with E-state index in [1.165, 1.54) is 6.08 Å². The minimum absolute atomic E-state index is 0.595. The molecule has 1 aromatic heterocycles. The summed E-state index contributed by atoms with van der Waals surface area (Å²) in [5.41, 5.74) is 5.42. The summed E-state index contributed by atoms with van der Waals surface area (Å²) in [4.78, 5) is 20.3. The monoisotopic (exact) mass is 361 g/mol. The van der Waals surface area contributed by atoms with Crippen molar-refractivity contribution in [3.63, 3.8) is 0 Å². The number of amides is 1. The van der Waals surface area contributed by atoms with Crippen LogP contribution < -0.4 is 10.2 Å². The summed E-state index contributed by atoms with van der Waals surface area (Å²) in [6, 6.07) is 13.3. The summed E-state index contributed by atoms with van der Waals surface area (Å²) in [5, 5.41) is 9.56. The molecule has 136 valence electrons. The molecule has 0 atom stereocenters. The van der Waals surface area contributed by atoms with Crippen LogP contribution >= 0.6 is 0 Å². The van der Waals surface area contributed by atoms with Gasteiger partial charge >= 0.3 is 0 Å². The van der Waals surface area contributed by atoms with Crippen LogP contribution in [0.25, 0.3) is 22.6 Å². The van der Waals surface area contributed by atoms with Crippen LogP contribution in [-0.2, 0) is 4.79 Å². The molecule has 0 aliphatic rings. The molecule has 0 fully saturated rings. The number of benzene rings is 2. The topological polar surface area (TPSA) is 84.3 Å². The van der Waals surface area contributed by atoms with Crippen molar-refractivity contribution < 1.29 is 14.7 Å². The van der Waals surface area contributed by atoms with E-state index in [9.17, 15) is 4.79 Å². The molecule has 2 N–H and O–H groups in total. The van der Waals surface area contributed by atoms with Crippen molar-refractivity contribution in [1.29, 1.82) is 0 Å². The summed E-state index contributed by atoms with van der Waals surface area (Å²) in [5.74, 6) is 0.633. The van der Waals surface area contributed by atoms with Gasteiger partial charge in [0.15, 0.2) is 0 Å². The number of hydroxylamine groups is 1. The Balaban J connectivity index is 2.08. The van der Waals surface area contributed by atoms with E-state index in [1.807, 2.05) is 43.3 Å². The van der Waals surface area contributed by atoms with Gasteiger partial charge in [0, 0.05) is 22.6 Å². The lowest BCUT2D eigenvalue weighted by Gasteiger charge is -2.12. The quantitative estimate of drug-likeness (QED) is 0.413. The summed E-state index contributed by atoms with van der Waals surface area (Å²) in [7, 11) is 1.55. The number of nitrogens with zero attached hydrogens (tertiary/aromatic N) is 2. The SMILES string of the molecule is C=C(c1ccc(OC)c(/C=C/C(=O)NO)c1)c1nc(C)nc2ccccc12. The molecule has 3 rings (SSSR count). The van der Waals surface area contributed by atoms with Crippen LogP contribution in [0.1, 0.15) is 22.6 Å². The maximum absolute atomic E-state index is 11.3. The van der Waals surface area contributed by atoms with Crippen molar-refractivity contribution in [3.05, 3.63) is 77.8 Å². The van der Waals surface area contributed by atoms with Gasteiger partial charge in [-0.25, -0.2) is 15.4 Å². The fourth-order valence-electron chi connectivity index (χ4n) is 2.81. The number of fused-ring (bicyclic) bond motifs is 1. The van der Waals surface area contributed by atoms with Crippen LogP contribution in [0.4, 0.5) is 0 Å². The van der Waals surface area contributed by atoms with E-state index in [2.05, 4.69) is 16.5 Å². The van der Waals surface area contributed by atoms with Crippen LogP contribution in [-0.4, -0.2) is 28.2 Å². The minimum Gasteiger partial charge on any atom is -0.496 e. The Hall–Kier alpha value is -3.51. The lowest BCUT2D eigenvalue weighted by molar-refractivity contribution is -0.124. The van der Waals surface area contributed by atoms with Crippen LogP contribution in [0, 0.1) is 6.92 Å². The second-order valence-electron chi connectivity index (χ2n) is 5.88. The lowest BCUT2D eigenvalue weighted by Crippen LogP contribution is -2.14. The van der Waals surface area contributed by atoms with Gasteiger partial charge < -0.3 is 4.74 Å². The third-order valence-corrected chi connectivity index (χ3v) is 4.10. The lowest BCUT2D eigenvalue weighted by atomic mass is 9.98. The predicted molar refractivity (Wildman–Crippen MR) is 104 cm³/mol. The van der Waals surface area contributed by atoms with Crippen LogP contribution in [0.5, 0.6) is 5.75 Å². The van der Waals surface area contributed by atoms with Crippen molar-refractivity contribution in [2.45, 2.75) is 6.92 Å². The first-order valence-corrected chi connectivity index (χ1v) is 8.26. The molecule has 0 saturated carbocycles. The number of para-hydroxylation sites is 1. The molecule has 2 aromatic carbocycles. The Morgan fingerprint density at radius 3 is 2.74 bits per heavy atom. The largest absolute Gasteiger partial charge is 0.496 e. The van der Waals surface area contributed by atoms with E-state index in [-0.39, 0.29) is 0 Å². The van der Waals surface area contributed by atoms with E-state index in [0.717, 1.165) is 27.7 Å². The molecule has 0 aliphatic heterocycles. The van der Waals surface area contributed by atoms with Crippen molar-refractivity contribution in [2.24, 2.45) is 0 Å². The zero-order valence-electron chi connectivity index (χ0n) is 15.1. The van der Waals surface area contributed by atoms with Crippen molar-refractivity contribution in [3.8, 4) is 5.75 Å². The highest BCUT2D eigenvalue weighted by molar-refractivity contribution is 5.95. The Morgan fingerprint density at radius 2 is 2.00 bits per heavy atom. The predicted octanol–water partition coefficient (Wildman–Crippen LogP) is 3.53. The van der Waals surface area contributed by atoms with E-state index >= 15 is 0 Å². The van der Waals surface area contributed by atoms with Gasteiger partial charge in [0.25, 0.3) is 5.91 Å². The molecule has 1 amide bonds. The Morgan fingerprint density at radius 1 is 1.22 bits per heavy atom. The Labute approximate surface area is 156 Å². The molecule has 0 spiro atoms. The zero-order valence-corrected chi connectivity index (χ0v) is 15.1. The van der Waals surface area contributed by atoms with Gasteiger partial charge in [-0.1, -0.05) is 30.8 Å². The number of rotatable bonds is 5. The average Bonchev–Trinajstić information content (AvgIpc) is 2.70. The second-order valence-corrected chi connectivity index (χ2v) is 5.88. The van der Waals surface area contributed by atoms with Gasteiger partial charge in [-0.15, -0.1) is 0 Å². The normalized spacial score (nSPS) is 10.9. The first kappa shape index (κ1) is 18.3. The summed E-state index contributed by atoms with van der Waals surface area (Å²) < 4.78 is 5.34. The smallest absolute Gasteiger partial charge is 0.267 e. The van der Waals surface area contributed by atoms with Gasteiger partial charge in [0.1, 0.15) is 11.6 Å². The third kappa shape index (κ3) is 3.86. The molecule has 6 nitrogen and oxygen atoms in total. The maximum Gasteiger partial charge on any atom is 0.267 e. The molecule has 27 heavy (non-hydrogen) atoms. The van der Waals surface area contributed by atoms with Gasteiger partial charge in [-0.3, -0.25) is 10.0 Å². The van der Waals surface area contributed by atoms with Gasteiger partial charge in [-0.05, 0) is 36.8 Å². The van der Waals surface area contributed by atoms with Crippen molar-refractivity contribution >= 4 is 28.5 Å². The molecule has 0 radical (unpaired) electrons. The molecular formula is C21H19N3O3. The number of ether oxygens (including phenoxy) is 1. The number of methoxy groups -OCH3 is 1. The van der Waals surface area contributed by atoms with Crippen molar-refractivity contribution in [1.82, 2.24) is 15.4 Å². The van der Waals surface area contributed by atoms with Crippen LogP contribution in [0.15, 0.2) is 55.1 Å². The number of aromatic nitrogens is 2. The molecule has 0 unspecified atom stereocenters. The van der Waals surface area contributed by atoms with Crippen LogP contribution in [0.3, 0.4) is 0 Å². The van der Waals surface area contributed by atoms with Gasteiger partial charge in [0.2, 0.25) is 0 Å². The van der Waals surface area contributed by atoms with Crippen molar-refractivity contribution in [2.75, 3.05) is 7.11 Å². The maximum atomic E-state index is 11.3. The van der Waals surface area contributed by atoms with E-state index in [0.29, 0.717) is 17.1 Å². The first-order valence-electron chi connectivity index (χ1n) is 8.26. The van der Waals surface area contributed by atoms with E-state index < -0.39 is 5.91 Å². The van der Waals surface area contributed by atoms with Gasteiger partial charge in [0.05, 0.1) is 18.3 Å². The molecule has 0 bridgehead atoms. The minimum atomic E-state index is -0.626. The molecule has 3 aromatic rings. The number of aryl methyl sites for hydroxylation is 1. The van der Waals surface area contributed by atoms with Crippen LogP contribution in [0.2, 0.25) is 0 Å². The molecular weight excluding hydrogens is 342 g/mol. The average molecular weight is 361 g/mol. The second kappa shape index (κ2) is 7.80. The van der Waals surface area contributed by atoms with E-state index in [4.69, 9.17) is 9.94 Å². The number of hydrogen-bond acceptors (Lipinski definition) is 5. The summed E-state index contributed by atoms with van der Waals surface area (Å²) in [6.45, 7) is 6.07. The fraction of sp³-hybridized carbons (Fsp3) is 0.0952. The first-order chi connectivity index (χ1) is 13.0. The highest BCUT2D eigenvalue weighted by atomic mass is 16.5. The number of carbonyl (C=O) groups excluding carboxylic acids is 1. The molecule has 0 saturated heterocycles. The summed E-state index contributed by atoms with van der Waals surface area (Å²) in [6.07, 6.45) is 2.78. The third-order valence-electron chi connectivity index (χ3n) is 4.10. The number of nitrogens with one attached hydrogen (secondary N) is 1. The Bertz CT molecular complexity index is 1060. The molecule has 1 heterocycles. The highest BCUT2D eigenvalue weighted by Crippen LogP contribution is 2.30.